The molecule has 0 fully saturated rings. The summed E-state index contributed by atoms with van der Waals surface area (Å²) in [6.45, 7) is 0. The van der Waals surface area contributed by atoms with Crippen molar-refractivity contribution in [2.45, 2.75) is 0 Å². The van der Waals surface area contributed by atoms with Gasteiger partial charge in [-0.15, -0.1) is 0 Å². The van der Waals surface area contributed by atoms with Gasteiger partial charge in [0.15, 0.2) is 0 Å². The third-order valence-corrected chi connectivity index (χ3v) is 0.250. The van der Waals surface area contributed by atoms with Crippen LogP contribution in [-0.2, 0) is 12.8 Å². The number of hydrogen-bond donors (Lipinski definition) is 1. The molecule has 6 heteroatoms. The molecule has 30 valence electrons. The second kappa shape index (κ2) is 10.6. The zero-order valence-electron chi connectivity index (χ0n) is 4.22. The van der Waals surface area contributed by atoms with E-state index >= 15 is 0 Å². The molecule has 0 unspecified atom stereocenters. The van der Waals surface area contributed by atoms with Gasteiger partial charge < -0.3 is 27.4 Å². The molecule has 0 aromatic rings. The summed E-state index contributed by atoms with van der Waals surface area (Å²) in [5.74, 6) is 0. The Bertz CT molecular complexity index is 51.0. The van der Waals surface area contributed by atoms with Crippen molar-refractivity contribution >= 4 is 18.9 Å². The van der Waals surface area contributed by atoms with Crippen LogP contribution in [0.5, 0.6) is 0 Å². The first kappa shape index (κ1) is 15.8. The number of nitrogens with one attached hydrogen (secondary N) is 1. The maximum atomic E-state index is 9.04. The summed E-state index contributed by atoms with van der Waals surface area (Å²) >= 11 is 3.76. The first-order chi connectivity index (χ1) is 2.27. The molecule has 0 atom stereocenters. The minimum atomic E-state index is -1.43. The van der Waals surface area contributed by atoms with Crippen LogP contribution in [0.2, 0.25) is 0 Å². The molecule has 0 aromatic heterocycles. The molecular formula is CHNNa2O2S. The summed E-state index contributed by atoms with van der Waals surface area (Å²) < 4.78 is 1.42. The summed E-state index contributed by atoms with van der Waals surface area (Å²) in [6, 6.07) is 0. The molecule has 0 aromatic carbocycles. The maximum Gasteiger partial charge on any atom is 1.00 e. The van der Waals surface area contributed by atoms with Gasteiger partial charge in [0, 0.05) is 0 Å². The minimum absolute atomic E-state index is 0. The molecule has 1 N–H and O–H groups in total. The van der Waals surface area contributed by atoms with E-state index in [4.69, 9.17) is 9.90 Å². The standard InChI is InChI=1S/CH2NO2S.2Na/c3-1(4)2-5;;/h2H,(H,3,4);;/q-1;2*+1/p-1. The molecular weight excluding hydrogens is 136 g/mol. The zero-order chi connectivity index (χ0) is 4.28. The van der Waals surface area contributed by atoms with Crippen molar-refractivity contribution in [3.05, 3.63) is 0 Å². The molecule has 1 amide bonds. The Morgan fingerprint density at radius 2 is 1.71 bits per heavy atom. The first-order valence-corrected chi connectivity index (χ1v) is 1.27. The van der Waals surface area contributed by atoms with E-state index in [0.29, 0.717) is 0 Å². The molecule has 0 saturated heterocycles. The Labute approximate surface area is 91.4 Å². The van der Waals surface area contributed by atoms with E-state index in [2.05, 4.69) is 12.8 Å². The van der Waals surface area contributed by atoms with Gasteiger partial charge in [-0.1, -0.05) is 0 Å². The van der Waals surface area contributed by atoms with E-state index in [-0.39, 0.29) is 59.1 Å². The fraction of sp³-hybridized carbons (Fsp3) is 0. The van der Waals surface area contributed by atoms with Crippen LogP contribution >= 0.6 is 0 Å². The quantitative estimate of drug-likeness (QED) is 0.266. The topological polar surface area (TPSA) is 52.2 Å². The molecule has 0 radical (unpaired) electrons. The van der Waals surface area contributed by atoms with Gasteiger partial charge in [0.1, 0.15) is 6.09 Å². The van der Waals surface area contributed by atoms with Gasteiger partial charge >= 0.3 is 59.1 Å². The Hall–Kier alpha value is 1.62. The minimum Gasteiger partial charge on any atom is -0.669 e. The number of hydrogen-bond acceptors (Lipinski definition) is 3. The van der Waals surface area contributed by atoms with Gasteiger partial charge in [0.25, 0.3) is 0 Å². The Morgan fingerprint density at radius 1 is 1.57 bits per heavy atom. The summed E-state index contributed by atoms with van der Waals surface area (Å²) in [4.78, 5) is 9.04. The van der Waals surface area contributed by atoms with Crippen LogP contribution in [-0.4, -0.2) is 6.09 Å². The monoisotopic (exact) mass is 137 g/mol. The van der Waals surface area contributed by atoms with Crippen LogP contribution in [0.3, 0.4) is 0 Å². The van der Waals surface area contributed by atoms with Crippen LogP contribution in [0.1, 0.15) is 0 Å². The number of carboxylic acid groups (broad SMARTS) is 1. The van der Waals surface area contributed by atoms with E-state index < -0.39 is 6.09 Å². The number of amides is 1. The molecule has 0 aliphatic rings. The maximum absolute atomic E-state index is 9.04. The van der Waals surface area contributed by atoms with Crippen LogP contribution in [0.15, 0.2) is 0 Å². The van der Waals surface area contributed by atoms with E-state index in [0.717, 1.165) is 0 Å². The second-order valence-corrected chi connectivity index (χ2v) is 0.594. The third-order valence-electron chi connectivity index (χ3n) is 0.0833. The summed E-state index contributed by atoms with van der Waals surface area (Å²) in [7, 11) is 0. The van der Waals surface area contributed by atoms with Crippen molar-refractivity contribution in [3.63, 3.8) is 0 Å². The van der Waals surface area contributed by atoms with Gasteiger partial charge in [-0.3, -0.25) is 0 Å². The smallest absolute Gasteiger partial charge is 0.669 e. The molecule has 7 heavy (non-hydrogen) atoms. The molecule has 0 aliphatic heterocycles. The molecule has 3 nitrogen and oxygen atoms in total. The normalized spacial score (nSPS) is 4.71. The average molecular weight is 137 g/mol. The summed E-state index contributed by atoms with van der Waals surface area (Å²) in [5.41, 5.74) is 0. The van der Waals surface area contributed by atoms with Gasteiger partial charge in [0.05, 0.1) is 0 Å². The number of carbonyl (C=O) groups excluding carboxylic acids is 1. The molecule has 0 saturated carbocycles. The van der Waals surface area contributed by atoms with Crippen molar-refractivity contribution < 1.29 is 69.0 Å². The fourth-order valence-electron chi connectivity index (χ4n) is 0. The first-order valence-electron chi connectivity index (χ1n) is 0.862. The zero-order valence-corrected chi connectivity index (χ0v) is 9.04. The van der Waals surface area contributed by atoms with Crippen molar-refractivity contribution in [1.82, 2.24) is 4.72 Å². The average Bonchev–Trinajstić information content (AvgIpc) is 1.38. The predicted molar refractivity (Wildman–Crippen MR) is 15.9 cm³/mol. The van der Waals surface area contributed by atoms with Gasteiger partial charge in [-0.2, -0.15) is 0 Å². The number of carbonyl (C=O) groups is 1. The SMILES string of the molecule is O=C([O-])N[S-].[Na+].[Na+]. The van der Waals surface area contributed by atoms with Crippen molar-refractivity contribution in [2.24, 2.45) is 0 Å². The molecule has 0 heterocycles. The van der Waals surface area contributed by atoms with Crippen LogP contribution < -0.4 is 68.9 Å². The second-order valence-electron chi connectivity index (χ2n) is 0.390. The van der Waals surface area contributed by atoms with Crippen LogP contribution in [0, 0.1) is 0 Å². The number of rotatable bonds is 0. The van der Waals surface area contributed by atoms with Crippen LogP contribution in [0.25, 0.3) is 0 Å². The largest absolute Gasteiger partial charge is 1.00 e. The fourth-order valence-corrected chi connectivity index (χ4v) is 0. The summed E-state index contributed by atoms with van der Waals surface area (Å²) in [6.07, 6.45) is -1.43. The van der Waals surface area contributed by atoms with E-state index in [9.17, 15) is 0 Å². The molecule has 0 spiro atoms. The van der Waals surface area contributed by atoms with Crippen molar-refractivity contribution in [1.29, 1.82) is 0 Å². The van der Waals surface area contributed by atoms with Crippen molar-refractivity contribution in [3.8, 4) is 0 Å². The van der Waals surface area contributed by atoms with E-state index in [1.165, 1.54) is 4.72 Å². The van der Waals surface area contributed by atoms with E-state index in [1.54, 1.807) is 0 Å². The third kappa shape index (κ3) is 18.4. The van der Waals surface area contributed by atoms with Crippen LogP contribution in [0.4, 0.5) is 4.79 Å². The van der Waals surface area contributed by atoms with Gasteiger partial charge in [-0.05, 0) is 0 Å². The Balaban J connectivity index is -0.0000000800. The van der Waals surface area contributed by atoms with Crippen molar-refractivity contribution in [2.75, 3.05) is 0 Å². The predicted octanol–water partition coefficient (Wildman–Crippen LogP) is -7.61. The Kier molecular flexibility index (Phi) is 23.9. The molecule has 0 aliphatic carbocycles. The Morgan fingerprint density at radius 3 is 1.71 bits per heavy atom. The van der Waals surface area contributed by atoms with E-state index in [1.807, 2.05) is 0 Å². The molecule has 0 bridgehead atoms. The van der Waals surface area contributed by atoms with Gasteiger partial charge in [0.2, 0.25) is 0 Å². The van der Waals surface area contributed by atoms with Gasteiger partial charge in [-0.25, -0.2) is 0 Å². The molecule has 0 rings (SSSR count). The summed E-state index contributed by atoms with van der Waals surface area (Å²) in [5, 5.41) is 9.04.